The van der Waals surface area contributed by atoms with Crippen LogP contribution >= 0.6 is 24.8 Å². The predicted octanol–water partition coefficient (Wildman–Crippen LogP) is 4.86. The van der Waals surface area contributed by atoms with Crippen LogP contribution in [0.15, 0.2) is 78.9 Å². The lowest BCUT2D eigenvalue weighted by Gasteiger charge is -2.35. The SMILES string of the molecule is Cl.Cl.OC(CN1CCN(CCc2ccccc2)CC1)Cn1c2ccccc2c2ccccc21. The smallest absolute Gasteiger partial charge is 0.0845 e. The van der Waals surface area contributed by atoms with Gasteiger partial charge in [0.2, 0.25) is 0 Å². The van der Waals surface area contributed by atoms with E-state index < -0.39 is 0 Å². The Balaban J connectivity index is 0.00000153. The predicted molar refractivity (Wildman–Crippen MR) is 143 cm³/mol. The van der Waals surface area contributed by atoms with E-state index in [4.69, 9.17) is 0 Å². The molecule has 4 aromatic rings. The summed E-state index contributed by atoms with van der Waals surface area (Å²) in [6.45, 7) is 6.68. The molecule has 6 heteroatoms. The van der Waals surface area contributed by atoms with Gasteiger partial charge in [0, 0.05) is 61.1 Å². The standard InChI is InChI=1S/C27H31N3O.2ClH/c31-23(20-29-18-16-28(17-19-29)15-14-22-8-2-1-3-9-22)21-30-26-12-6-4-10-24(26)25-11-5-7-13-27(25)30;;/h1-13,23,31H,14-21H2;2*1H. The highest BCUT2D eigenvalue weighted by atomic mass is 35.5. The molecule has 1 N–H and O–H groups in total. The molecule has 33 heavy (non-hydrogen) atoms. The average Bonchev–Trinajstić information content (AvgIpc) is 3.13. The Kier molecular flexibility index (Phi) is 9.19. The number of halogens is 2. The zero-order valence-electron chi connectivity index (χ0n) is 18.8. The minimum Gasteiger partial charge on any atom is -0.390 e. The Bertz CT molecular complexity index is 1090. The van der Waals surface area contributed by atoms with Crippen LogP contribution in [0, 0.1) is 0 Å². The molecule has 1 aliphatic heterocycles. The Morgan fingerprint density at radius 1 is 0.636 bits per heavy atom. The molecule has 1 aliphatic rings. The second-order valence-corrected chi connectivity index (χ2v) is 8.68. The molecule has 3 aromatic carbocycles. The quantitative estimate of drug-likeness (QED) is 0.405. The third-order valence-electron chi connectivity index (χ3n) is 6.57. The number of para-hydroxylation sites is 2. The maximum absolute atomic E-state index is 10.9. The Labute approximate surface area is 208 Å². The number of aliphatic hydroxyl groups is 1. The van der Waals surface area contributed by atoms with E-state index in [-0.39, 0.29) is 30.9 Å². The first-order chi connectivity index (χ1) is 15.3. The van der Waals surface area contributed by atoms with Crippen molar-refractivity contribution in [3.63, 3.8) is 0 Å². The van der Waals surface area contributed by atoms with Crippen LogP contribution < -0.4 is 0 Å². The van der Waals surface area contributed by atoms with E-state index in [0.29, 0.717) is 6.54 Å². The Morgan fingerprint density at radius 2 is 1.15 bits per heavy atom. The topological polar surface area (TPSA) is 31.6 Å². The Morgan fingerprint density at radius 3 is 1.76 bits per heavy atom. The number of aliphatic hydroxyl groups excluding tert-OH is 1. The van der Waals surface area contributed by atoms with E-state index in [1.54, 1.807) is 0 Å². The van der Waals surface area contributed by atoms with Crippen LogP contribution in [0.5, 0.6) is 0 Å². The molecule has 2 heterocycles. The highest BCUT2D eigenvalue weighted by molar-refractivity contribution is 6.07. The minimum atomic E-state index is -0.380. The molecule has 5 rings (SSSR count). The van der Waals surface area contributed by atoms with Crippen LogP contribution in [-0.2, 0) is 13.0 Å². The summed E-state index contributed by atoms with van der Waals surface area (Å²) < 4.78 is 2.28. The number of β-amino-alcohol motifs (C(OH)–C–C–N with tert-alkyl or cyclic N) is 1. The van der Waals surface area contributed by atoms with Gasteiger partial charge in [0.1, 0.15) is 0 Å². The maximum Gasteiger partial charge on any atom is 0.0845 e. The average molecular weight is 486 g/mol. The van der Waals surface area contributed by atoms with E-state index in [9.17, 15) is 5.11 Å². The van der Waals surface area contributed by atoms with Crippen LogP contribution in [0.25, 0.3) is 21.8 Å². The van der Waals surface area contributed by atoms with E-state index in [0.717, 1.165) is 45.7 Å². The van der Waals surface area contributed by atoms with Gasteiger partial charge in [0.05, 0.1) is 12.6 Å². The third-order valence-corrected chi connectivity index (χ3v) is 6.57. The summed E-state index contributed by atoms with van der Waals surface area (Å²) in [7, 11) is 0. The second kappa shape index (κ2) is 11.9. The van der Waals surface area contributed by atoms with Gasteiger partial charge in [-0.15, -0.1) is 24.8 Å². The number of rotatable bonds is 7. The van der Waals surface area contributed by atoms with Crippen LogP contribution in [0.1, 0.15) is 5.56 Å². The summed E-state index contributed by atoms with van der Waals surface area (Å²) in [5.74, 6) is 0. The number of aromatic nitrogens is 1. The fourth-order valence-corrected chi connectivity index (χ4v) is 4.89. The lowest BCUT2D eigenvalue weighted by molar-refractivity contribution is 0.0659. The zero-order valence-corrected chi connectivity index (χ0v) is 20.5. The second-order valence-electron chi connectivity index (χ2n) is 8.68. The highest BCUT2D eigenvalue weighted by Gasteiger charge is 2.20. The molecule has 1 aromatic heterocycles. The van der Waals surface area contributed by atoms with E-state index in [1.807, 2.05) is 0 Å². The van der Waals surface area contributed by atoms with Crippen molar-refractivity contribution in [2.75, 3.05) is 39.3 Å². The number of piperazine rings is 1. The van der Waals surface area contributed by atoms with Crippen LogP contribution in [0.3, 0.4) is 0 Å². The van der Waals surface area contributed by atoms with Crippen molar-refractivity contribution in [1.82, 2.24) is 14.4 Å². The molecule has 1 saturated heterocycles. The van der Waals surface area contributed by atoms with Gasteiger partial charge in [-0.1, -0.05) is 66.7 Å². The summed E-state index contributed by atoms with van der Waals surface area (Å²) in [6, 6.07) is 27.7. The molecule has 1 unspecified atom stereocenters. The fourth-order valence-electron chi connectivity index (χ4n) is 4.89. The number of benzene rings is 3. The number of fused-ring (bicyclic) bond motifs is 3. The van der Waals surface area contributed by atoms with Crippen molar-refractivity contribution in [2.45, 2.75) is 19.1 Å². The largest absolute Gasteiger partial charge is 0.390 e. The molecule has 0 saturated carbocycles. The van der Waals surface area contributed by atoms with Crippen molar-refractivity contribution in [1.29, 1.82) is 0 Å². The summed E-state index contributed by atoms with van der Waals surface area (Å²) in [5, 5.41) is 13.5. The van der Waals surface area contributed by atoms with Crippen molar-refractivity contribution in [3.8, 4) is 0 Å². The first-order valence-electron chi connectivity index (χ1n) is 11.4. The van der Waals surface area contributed by atoms with Crippen molar-refractivity contribution < 1.29 is 5.11 Å². The number of nitrogens with zero attached hydrogens (tertiary/aromatic N) is 3. The summed E-state index contributed by atoms with van der Waals surface area (Å²) in [5.41, 5.74) is 3.81. The number of hydrogen-bond acceptors (Lipinski definition) is 3. The minimum absolute atomic E-state index is 0. The van der Waals surface area contributed by atoms with Gasteiger partial charge in [-0.25, -0.2) is 0 Å². The summed E-state index contributed by atoms with van der Waals surface area (Å²) in [4.78, 5) is 4.96. The highest BCUT2D eigenvalue weighted by Crippen LogP contribution is 2.28. The summed E-state index contributed by atoms with van der Waals surface area (Å²) in [6.07, 6.45) is 0.729. The molecule has 176 valence electrons. The van der Waals surface area contributed by atoms with Crippen LogP contribution in [0.2, 0.25) is 0 Å². The molecule has 0 bridgehead atoms. The first kappa shape index (κ1) is 25.5. The monoisotopic (exact) mass is 485 g/mol. The van der Waals surface area contributed by atoms with Crippen molar-refractivity contribution in [2.24, 2.45) is 0 Å². The van der Waals surface area contributed by atoms with Gasteiger partial charge in [0.15, 0.2) is 0 Å². The van der Waals surface area contributed by atoms with E-state index >= 15 is 0 Å². The number of hydrogen-bond donors (Lipinski definition) is 1. The Hall–Kier alpha value is -2.08. The van der Waals surface area contributed by atoms with Gasteiger partial charge in [-0.05, 0) is 24.1 Å². The van der Waals surface area contributed by atoms with E-state index in [2.05, 4.69) is 93.2 Å². The van der Waals surface area contributed by atoms with E-state index in [1.165, 1.54) is 27.4 Å². The van der Waals surface area contributed by atoms with Crippen LogP contribution in [0.4, 0.5) is 0 Å². The molecule has 0 amide bonds. The molecular formula is C27H33Cl2N3O. The van der Waals surface area contributed by atoms with Crippen molar-refractivity contribution in [3.05, 3.63) is 84.4 Å². The molecular weight excluding hydrogens is 453 g/mol. The van der Waals surface area contributed by atoms with Gasteiger partial charge in [-0.3, -0.25) is 4.90 Å². The zero-order chi connectivity index (χ0) is 21.0. The van der Waals surface area contributed by atoms with Gasteiger partial charge >= 0.3 is 0 Å². The van der Waals surface area contributed by atoms with Crippen molar-refractivity contribution >= 4 is 46.6 Å². The van der Waals surface area contributed by atoms with Gasteiger partial charge in [-0.2, -0.15) is 0 Å². The fraction of sp³-hybridized carbons (Fsp3) is 0.333. The third kappa shape index (κ3) is 5.89. The normalized spacial score (nSPS) is 15.8. The molecule has 0 spiro atoms. The summed E-state index contributed by atoms with van der Waals surface area (Å²) >= 11 is 0. The van der Waals surface area contributed by atoms with Gasteiger partial charge in [0.25, 0.3) is 0 Å². The molecule has 0 aliphatic carbocycles. The maximum atomic E-state index is 10.9. The lowest BCUT2D eigenvalue weighted by atomic mass is 10.1. The molecule has 4 nitrogen and oxygen atoms in total. The molecule has 1 fully saturated rings. The first-order valence-corrected chi connectivity index (χ1v) is 11.4. The van der Waals surface area contributed by atoms with Crippen LogP contribution in [-0.4, -0.2) is 64.8 Å². The lowest BCUT2D eigenvalue weighted by Crippen LogP contribution is -2.49. The molecule has 1 atom stereocenters. The van der Waals surface area contributed by atoms with Gasteiger partial charge < -0.3 is 14.6 Å². The molecule has 0 radical (unpaired) electrons.